The summed E-state index contributed by atoms with van der Waals surface area (Å²) >= 11 is 0. The van der Waals surface area contributed by atoms with Crippen molar-refractivity contribution in [1.82, 2.24) is 0 Å². The molecule has 1 aromatic rings. The zero-order chi connectivity index (χ0) is 23.4. The second kappa shape index (κ2) is 9.18. The number of carbonyl (C=O) groups excluding carboxylic acids is 2. The van der Waals surface area contributed by atoms with Gasteiger partial charge >= 0.3 is 33.3 Å². The fraction of sp³-hybridized carbons (Fsp3) is 0.412. The van der Waals surface area contributed by atoms with Gasteiger partial charge in [-0.1, -0.05) is 36.4 Å². The summed E-state index contributed by atoms with van der Waals surface area (Å²) in [7, 11) is -5.96. The predicted octanol–water partition coefficient (Wildman–Crippen LogP) is 2.98. The van der Waals surface area contributed by atoms with Crippen LogP contribution in [0.15, 0.2) is 36.9 Å². The van der Waals surface area contributed by atoms with Crippen molar-refractivity contribution in [3.63, 3.8) is 0 Å². The summed E-state index contributed by atoms with van der Waals surface area (Å²) in [5.41, 5.74) is 0.802. The third-order valence-corrected chi connectivity index (χ3v) is 4.67. The van der Waals surface area contributed by atoms with Crippen LogP contribution in [-0.2, 0) is 35.6 Å². The molecule has 1 unspecified atom stereocenters. The SMILES string of the molecule is C=CC(=O)OC(OCCC(F)(F)S(=O)(=O)O)(C(=O)Cc1ccc(C)cc1)C(F)(F)F. The van der Waals surface area contributed by atoms with Crippen molar-refractivity contribution in [1.29, 1.82) is 0 Å². The molecule has 30 heavy (non-hydrogen) atoms. The maximum atomic E-state index is 13.7. The molecule has 1 N–H and O–H groups in total. The molecule has 13 heteroatoms. The lowest BCUT2D eigenvalue weighted by Gasteiger charge is -2.33. The number of Topliss-reactive ketones (excluding diaryl/α,β-unsaturated/α-hetero) is 1. The van der Waals surface area contributed by atoms with Gasteiger partial charge in [0, 0.05) is 12.5 Å². The van der Waals surface area contributed by atoms with Crippen LogP contribution in [0.2, 0.25) is 0 Å². The van der Waals surface area contributed by atoms with Crippen molar-refractivity contribution in [2.45, 2.75) is 37.0 Å². The number of rotatable bonds is 10. The maximum Gasteiger partial charge on any atom is 0.464 e. The molecule has 0 aliphatic carbocycles. The van der Waals surface area contributed by atoms with Crippen LogP contribution < -0.4 is 0 Å². The van der Waals surface area contributed by atoms with Gasteiger partial charge in [-0.2, -0.15) is 30.4 Å². The van der Waals surface area contributed by atoms with E-state index in [1.165, 1.54) is 24.3 Å². The average molecular weight is 460 g/mol. The first kappa shape index (κ1) is 25.7. The number of ether oxygens (including phenoxy) is 2. The summed E-state index contributed by atoms with van der Waals surface area (Å²) in [5.74, 6) is -7.91. The number of hydrogen-bond donors (Lipinski definition) is 1. The van der Waals surface area contributed by atoms with Gasteiger partial charge in [0.05, 0.1) is 13.0 Å². The Kier molecular flexibility index (Phi) is 7.85. The van der Waals surface area contributed by atoms with E-state index in [-0.39, 0.29) is 11.6 Å². The van der Waals surface area contributed by atoms with E-state index in [4.69, 9.17) is 4.55 Å². The number of esters is 1. The summed E-state index contributed by atoms with van der Waals surface area (Å²) in [6.45, 7) is 2.86. The van der Waals surface area contributed by atoms with E-state index < -0.39 is 58.5 Å². The van der Waals surface area contributed by atoms with E-state index >= 15 is 0 Å². The summed E-state index contributed by atoms with van der Waals surface area (Å²) in [6.07, 6.45) is -8.34. The molecule has 0 saturated carbocycles. The lowest BCUT2D eigenvalue weighted by Crippen LogP contribution is -2.58. The highest BCUT2D eigenvalue weighted by Gasteiger charge is 2.65. The third-order valence-electron chi connectivity index (χ3n) is 3.71. The van der Waals surface area contributed by atoms with Crippen LogP contribution in [0, 0.1) is 6.92 Å². The summed E-state index contributed by atoms with van der Waals surface area (Å²) in [5, 5.41) is -4.87. The fourth-order valence-electron chi connectivity index (χ4n) is 2.10. The highest BCUT2D eigenvalue weighted by Crippen LogP contribution is 2.38. The van der Waals surface area contributed by atoms with Gasteiger partial charge in [-0.3, -0.25) is 9.35 Å². The quantitative estimate of drug-likeness (QED) is 0.188. The zero-order valence-electron chi connectivity index (χ0n) is 15.4. The summed E-state index contributed by atoms with van der Waals surface area (Å²) in [4.78, 5) is 23.9. The van der Waals surface area contributed by atoms with Gasteiger partial charge in [-0.15, -0.1) is 0 Å². The van der Waals surface area contributed by atoms with Crippen molar-refractivity contribution < 1.29 is 54.0 Å². The van der Waals surface area contributed by atoms with Gasteiger partial charge in [0.25, 0.3) is 0 Å². The molecular weight excluding hydrogens is 443 g/mol. The lowest BCUT2D eigenvalue weighted by atomic mass is 10.0. The molecule has 7 nitrogen and oxygen atoms in total. The van der Waals surface area contributed by atoms with Gasteiger partial charge in [-0.25, -0.2) is 4.79 Å². The molecule has 0 radical (unpaired) electrons. The second-order valence-electron chi connectivity index (χ2n) is 6.04. The number of carbonyl (C=O) groups is 2. The monoisotopic (exact) mass is 460 g/mol. The Morgan fingerprint density at radius 2 is 1.67 bits per heavy atom. The van der Waals surface area contributed by atoms with E-state index in [1.54, 1.807) is 6.92 Å². The van der Waals surface area contributed by atoms with E-state index in [9.17, 15) is 40.0 Å². The second-order valence-corrected chi connectivity index (χ2v) is 7.58. The molecule has 0 heterocycles. The van der Waals surface area contributed by atoms with Crippen LogP contribution in [0.3, 0.4) is 0 Å². The van der Waals surface area contributed by atoms with Gasteiger partial charge in [0.15, 0.2) is 0 Å². The molecule has 0 bridgehead atoms. The van der Waals surface area contributed by atoms with Gasteiger partial charge < -0.3 is 9.47 Å². The lowest BCUT2D eigenvalue weighted by molar-refractivity contribution is -0.346. The van der Waals surface area contributed by atoms with E-state index in [1.807, 2.05) is 0 Å². The molecule has 0 aliphatic rings. The van der Waals surface area contributed by atoms with Crippen LogP contribution in [-0.4, -0.2) is 48.5 Å². The maximum absolute atomic E-state index is 13.7. The molecular formula is C17H17F5O7S. The number of ketones is 1. The number of halogens is 5. The minimum absolute atomic E-state index is 0.0701. The minimum atomic E-state index is -5.96. The summed E-state index contributed by atoms with van der Waals surface area (Å²) < 4.78 is 106. The van der Waals surface area contributed by atoms with E-state index in [2.05, 4.69) is 16.1 Å². The largest absolute Gasteiger partial charge is 0.464 e. The molecule has 168 valence electrons. The zero-order valence-corrected chi connectivity index (χ0v) is 16.2. The molecule has 1 aromatic carbocycles. The van der Waals surface area contributed by atoms with Crippen molar-refractivity contribution >= 4 is 21.9 Å². The number of benzene rings is 1. The third kappa shape index (κ3) is 6.06. The molecule has 0 aromatic heterocycles. The molecule has 0 aliphatic heterocycles. The first-order valence-electron chi connectivity index (χ1n) is 8.05. The van der Waals surface area contributed by atoms with Crippen LogP contribution in [0.1, 0.15) is 17.5 Å². The molecule has 1 rings (SSSR count). The Morgan fingerprint density at radius 3 is 2.10 bits per heavy atom. The van der Waals surface area contributed by atoms with Crippen LogP contribution >= 0.6 is 0 Å². The fourth-order valence-corrected chi connectivity index (χ4v) is 2.44. The Hall–Kier alpha value is -2.38. The average Bonchev–Trinajstić information content (AvgIpc) is 2.60. The highest BCUT2D eigenvalue weighted by atomic mass is 32.2. The summed E-state index contributed by atoms with van der Waals surface area (Å²) in [6, 6.07) is 5.61. The first-order valence-corrected chi connectivity index (χ1v) is 9.49. The predicted molar refractivity (Wildman–Crippen MR) is 92.0 cm³/mol. The van der Waals surface area contributed by atoms with Crippen LogP contribution in [0.5, 0.6) is 0 Å². The number of aryl methyl sites for hydroxylation is 1. The molecule has 0 fully saturated rings. The van der Waals surface area contributed by atoms with Crippen molar-refractivity contribution in [3.05, 3.63) is 48.0 Å². The normalized spacial score (nSPS) is 14.6. The standard InChI is InChI=1S/C17H17F5O7S/c1-3-14(24)29-16(17(20,21)22,28-9-8-15(18,19)30(25,26)27)13(23)10-12-6-4-11(2)5-7-12/h3-7H,1,8-10H2,2H3,(H,25,26,27). The molecule has 1 atom stereocenters. The smallest absolute Gasteiger partial charge is 0.413 e. The number of hydrogen-bond acceptors (Lipinski definition) is 6. The highest BCUT2D eigenvalue weighted by molar-refractivity contribution is 7.86. The molecule has 0 amide bonds. The van der Waals surface area contributed by atoms with E-state index in [0.29, 0.717) is 0 Å². The topological polar surface area (TPSA) is 107 Å². The van der Waals surface area contributed by atoms with Crippen molar-refractivity contribution in [2.24, 2.45) is 0 Å². The van der Waals surface area contributed by atoms with Crippen LogP contribution in [0.4, 0.5) is 22.0 Å². The Morgan fingerprint density at radius 1 is 1.13 bits per heavy atom. The van der Waals surface area contributed by atoms with Crippen molar-refractivity contribution in [2.75, 3.05) is 6.61 Å². The minimum Gasteiger partial charge on any atom is -0.413 e. The van der Waals surface area contributed by atoms with Gasteiger partial charge in [0.1, 0.15) is 0 Å². The molecule has 0 spiro atoms. The van der Waals surface area contributed by atoms with Crippen molar-refractivity contribution in [3.8, 4) is 0 Å². The Balaban J connectivity index is 3.27. The molecule has 0 saturated heterocycles. The van der Waals surface area contributed by atoms with Gasteiger partial charge in [-0.05, 0) is 12.5 Å². The first-order chi connectivity index (χ1) is 13.6. The van der Waals surface area contributed by atoms with Gasteiger partial charge in [0.2, 0.25) is 5.78 Å². The number of alkyl halides is 5. The van der Waals surface area contributed by atoms with Crippen LogP contribution in [0.25, 0.3) is 0 Å². The Bertz CT molecular complexity index is 894. The van der Waals surface area contributed by atoms with E-state index in [0.717, 1.165) is 5.56 Å². The Labute approximate surface area is 168 Å².